The molecule has 2 aromatic rings. The topological polar surface area (TPSA) is 50.4 Å². The SMILES string of the molecule is O=C(NC1CCNCC1)c1ccccc1OCc1ccccc1. The number of benzene rings is 2. The van der Waals surface area contributed by atoms with Crippen LogP contribution >= 0.6 is 0 Å². The third kappa shape index (κ3) is 4.33. The van der Waals surface area contributed by atoms with Crippen LogP contribution < -0.4 is 15.4 Å². The molecule has 0 unspecified atom stereocenters. The molecule has 23 heavy (non-hydrogen) atoms. The molecule has 1 heterocycles. The summed E-state index contributed by atoms with van der Waals surface area (Å²) in [4.78, 5) is 12.5. The molecule has 0 atom stereocenters. The first-order valence-corrected chi connectivity index (χ1v) is 8.10. The van der Waals surface area contributed by atoms with E-state index in [4.69, 9.17) is 4.74 Å². The highest BCUT2D eigenvalue weighted by Crippen LogP contribution is 2.20. The zero-order valence-corrected chi connectivity index (χ0v) is 13.1. The van der Waals surface area contributed by atoms with Crippen LogP contribution in [0.1, 0.15) is 28.8 Å². The fraction of sp³-hybridized carbons (Fsp3) is 0.316. The molecule has 1 amide bonds. The maximum atomic E-state index is 12.5. The Kier molecular flexibility index (Phi) is 5.27. The summed E-state index contributed by atoms with van der Waals surface area (Å²) < 4.78 is 5.86. The van der Waals surface area contributed by atoms with Crippen molar-refractivity contribution in [3.63, 3.8) is 0 Å². The van der Waals surface area contributed by atoms with Crippen LogP contribution in [0.3, 0.4) is 0 Å². The Hall–Kier alpha value is -2.33. The average Bonchev–Trinajstić information content (AvgIpc) is 2.62. The largest absolute Gasteiger partial charge is 0.488 e. The molecule has 1 aliphatic heterocycles. The van der Waals surface area contributed by atoms with Gasteiger partial charge >= 0.3 is 0 Å². The molecule has 2 N–H and O–H groups in total. The van der Waals surface area contributed by atoms with E-state index in [1.54, 1.807) is 0 Å². The lowest BCUT2D eigenvalue weighted by Crippen LogP contribution is -2.42. The number of hydrogen-bond acceptors (Lipinski definition) is 3. The summed E-state index contributed by atoms with van der Waals surface area (Å²) in [6, 6.07) is 17.6. The second-order valence-corrected chi connectivity index (χ2v) is 5.77. The van der Waals surface area contributed by atoms with Gasteiger partial charge in [0.05, 0.1) is 5.56 Å². The molecule has 0 saturated carbocycles. The van der Waals surface area contributed by atoms with Gasteiger partial charge in [-0.2, -0.15) is 0 Å². The van der Waals surface area contributed by atoms with Gasteiger partial charge in [-0.05, 0) is 43.6 Å². The van der Waals surface area contributed by atoms with Crippen LogP contribution in [0.5, 0.6) is 5.75 Å². The molecule has 0 radical (unpaired) electrons. The summed E-state index contributed by atoms with van der Waals surface area (Å²) in [7, 11) is 0. The van der Waals surface area contributed by atoms with Crippen molar-refractivity contribution in [1.29, 1.82) is 0 Å². The van der Waals surface area contributed by atoms with Crippen molar-refractivity contribution >= 4 is 5.91 Å². The van der Waals surface area contributed by atoms with E-state index in [0.717, 1.165) is 31.5 Å². The predicted octanol–water partition coefficient (Wildman–Crippen LogP) is 2.75. The molecule has 0 bridgehead atoms. The highest BCUT2D eigenvalue weighted by Gasteiger charge is 2.18. The van der Waals surface area contributed by atoms with E-state index in [9.17, 15) is 4.79 Å². The molecule has 120 valence electrons. The molecule has 0 spiro atoms. The number of carbonyl (C=O) groups excluding carboxylic acids is 1. The van der Waals surface area contributed by atoms with Crippen LogP contribution in [-0.2, 0) is 6.61 Å². The maximum absolute atomic E-state index is 12.5. The van der Waals surface area contributed by atoms with E-state index >= 15 is 0 Å². The number of nitrogens with one attached hydrogen (secondary N) is 2. The van der Waals surface area contributed by atoms with Crippen molar-refractivity contribution in [2.24, 2.45) is 0 Å². The van der Waals surface area contributed by atoms with E-state index in [2.05, 4.69) is 10.6 Å². The molecular formula is C19H22N2O2. The lowest BCUT2D eigenvalue weighted by Gasteiger charge is -2.24. The minimum absolute atomic E-state index is 0.0550. The zero-order valence-electron chi connectivity index (χ0n) is 13.1. The monoisotopic (exact) mass is 310 g/mol. The van der Waals surface area contributed by atoms with Crippen molar-refractivity contribution in [2.75, 3.05) is 13.1 Å². The smallest absolute Gasteiger partial charge is 0.255 e. The van der Waals surface area contributed by atoms with Gasteiger partial charge in [0.15, 0.2) is 0 Å². The highest BCUT2D eigenvalue weighted by atomic mass is 16.5. The van der Waals surface area contributed by atoms with Crippen molar-refractivity contribution < 1.29 is 9.53 Å². The molecule has 1 aliphatic rings. The average molecular weight is 310 g/mol. The fourth-order valence-electron chi connectivity index (χ4n) is 2.74. The van der Waals surface area contributed by atoms with Crippen LogP contribution in [0.25, 0.3) is 0 Å². The van der Waals surface area contributed by atoms with Gasteiger partial charge in [-0.1, -0.05) is 42.5 Å². The molecule has 1 saturated heterocycles. The van der Waals surface area contributed by atoms with Gasteiger partial charge in [-0.3, -0.25) is 4.79 Å². The van der Waals surface area contributed by atoms with Crippen molar-refractivity contribution in [3.8, 4) is 5.75 Å². The molecule has 2 aromatic carbocycles. The van der Waals surface area contributed by atoms with E-state index in [0.29, 0.717) is 17.9 Å². The first-order chi connectivity index (χ1) is 11.3. The highest BCUT2D eigenvalue weighted by molar-refractivity contribution is 5.97. The fourth-order valence-corrected chi connectivity index (χ4v) is 2.74. The predicted molar refractivity (Wildman–Crippen MR) is 90.6 cm³/mol. The van der Waals surface area contributed by atoms with Gasteiger partial charge in [0.25, 0.3) is 5.91 Å². The number of piperidine rings is 1. The van der Waals surface area contributed by atoms with Gasteiger partial charge in [0.2, 0.25) is 0 Å². The van der Waals surface area contributed by atoms with Crippen molar-refractivity contribution in [1.82, 2.24) is 10.6 Å². The Morgan fingerprint density at radius 3 is 2.52 bits per heavy atom. The lowest BCUT2D eigenvalue weighted by atomic mass is 10.1. The second kappa shape index (κ2) is 7.79. The molecule has 1 fully saturated rings. The minimum Gasteiger partial charge on any atom is -0.488 e. The molecular weight excluding hydrogens is 288 g/mol. The first kappa shape index (κ1) is 15.6. The summed E-state index contributed by atoms with van der Waals surface area (Å²) in [6.07, 6.45) is 1.94. The van der Waals surface area contributed by atoms with Crippen LogP contribution in [-0.4, -0.2) is 25.0 Å². The van der Waals surface area contributed by atoms with Gasteiger partial charge in [-0.25, -0.2) is 0 Å². The maximum Gasteiger partial charge on any atom is 0.255 e. The number of ether oxygens (including phenoxy) is 1. The van der Waals surface area contributed by atoms with Gasteiger partial charge < -0.3 is 15.4 Å². The standard InChI is InChI=1S/C19H22N2O2/c22-19(21-16-10-12-20-13-11-16)17-8-4-5-9-18(17)23-14-15-6-2-1-3-7-15/h1-9,16,20H,10-14H2,(H,21,22). The summed E-state index contributed by atoms with van der Waals surface area (Å²) in [5.74, 6) is 0.573. The van der Waals surface area contributed by atoms with Gasteiger partial charge in [0.1, 0.15) is 12.4 Å². The lowest BCUT2D eigenvalue weighted by molar-refractivity contribution is 0.0925. The summed E-state index contributed by atoms with van der Waals surface area (Å²) in [5.41, 5.74) is 1.68. The number of para-hydroxylation sites is 1. The molecule has 0 aliphatic carbocycles. The summed E-state index contributed by atoms with van der Waals surface area (Å²) in [6.45, 7) is 2.37. The molecule has 4 nitrogen and oxygen atoms in total. The molecule has 0 aromatic heterocycles. The van der Waals surface area contributed by atoms with Crippen LogP contribution in [0.2, 0.25) is 0 Å². The second-order valence-electron chi connectivity index (χ2n) is 5.77. The van der Waals surface area contributed by atoms with Crippen molar-refractivity contribution in [2.45, 2.75) is 25.5 Å². The Bertz CT molecular complexity index is 637. The van der Waals surface area contributed by atoms with Gasteiger partial charge in [-0.15, -0.1) is 0 Å². The Morgan fingerprint density at radius 1 is 1.04 bits per heavy atom. The molecule has 4 heteroatoms. The Balaban J connectivity index is 1.65. The molecule has 3 rings (SSSR count). The van der Waals surface area contributed by atoms with Gasteiger partial charge in [0, 0.05) is 6.04 Å². The van der Waals surface area contributed by atoms with Crippen LogP contribution in [0.4, 0.5) is 0 Å². The minimum atomic E-state index is -0.0550. The number of amides is 1. The normalized spacial score (nSPS) is 15.1. The number of hydrogen-bond donors (Lipinski definition) is 2. The first-order valence-electron chi connectivity index (χ1n) is 8.10. The summed E-state index contributed by atoms with van der Waals surface area (Å²) >= 11 is 0. The third-order valence-corrected chi connectivity index (χ3v) is 4.04. The third-order valence-electron chi connectivity index (χ3n) is 4.04. The van der Waals surface area contributed by atoms with E-state index in [1.807, 2.05) is 54.6 Å². The summed E-state index contributed by atoms with van der Waals surface area (Å²) in [5, 5.41) is 6.42. The number of rotatable bonds is 5. The quantitative estimate of drug-likeness (QED) is 0.893. The number of carbonyl (C=O) groups is 1. The van der Waals surface area contributed by atoms with E-state index in [-0.39, 0.29) is 11.9 Å². The van der Waals surface area contributed by atoms with Crippen molar-refractivity contribution in [3.05, 3.63) is 65.7 Å². The van der Waals surface area contributed by atoms with Crippen LogP contribution in [0, 0.1) is 0 Å². The van der Waals surface area contributed by atoms with E-state index < -0.39 is 0 Å². The zero-order chi connectivity index (χ0) is 15.9. The Morgan fingerprint density at radius 2 is 1.74 bits per heavy atom. The Labute approximate surface area is 136 Å². The van der Waals surface area contributed by atoms with Crippen LogP contribution in [0.15, 0.2) is 54.6 Å². The van der Waals surface area contributed by atoms with E-state index in [1.165, 1.54) is 0 Å².